The molecule has 5 rings (SSSR count). The molecule has 0 aliphatic heterocycles. The number of nitrogens with zero attached hydrogens (tertiary/aromatic N) is 3. The highest BCUT2D eigenvalue weighted by Crippen LogP contribution is 2.42. The number of aromatic nitrogens is 4. The van der Waals surface area contributed by atoms with Crippen molar-refractivity contribution in [1.82, 2.24) is 19.5 Å². The lowest BCUT2D eigenvalue weighted by Gasteiger charge is -2.21. The molecule has 0 spiro atoms. The maximum atomic E-state index is 12.3. The number of anilines is 1. The molecular formula is C26H27N5O3. The molecule has 3 N–H and O–H groups in total. The van der Waals surface area contributed by atoms with Gasteiger partial charge in [0.2, 0.25) is 5.95 Å². The van der Waals surface area contributed by atoms with Crippen molar-refractivity contribution in [2.24, 2.45) is 5.92 Å². The molecule has 0 radical (unpaired) electrons. The molecule has 2 aromatic carbocycles. The molecule has 0 amide bonds. The number of hydrogen-bond donors (Lipinski definition) is 2. The van der Waals surface area contributed by atoms with E-state index < -0.39 is 0 Å². The van der Waals surface area contributed by atoms with E-state index in [0.717, 1.165) is 16.7 Å². The van der Waals surface area contributed by atoms with Crippen LogP contribution in [0.1, 0.15) is 23.6 Å². The van der Waals surface area contributed by atoms with Crippen LogP contribution in [0, 0.1) is 5.92 Å². The van der Waals surface area contributed by atoms with Crippen molar-refractivity contribution in [2.45, 2.75) is 31.8 Å². The first kappa shape index (κ1) is 22.1. The Morgan fingerprint density at radius 3 is 2.44 bits per heavy atom. The maximum Gasteiger partial charge on any atom is 0.280 e. The smallest absolute Gasteiger partial charge is 0.280 e. The third-order valence-corrected chi connectivity index (χ3v) is 6.31. The van der Waals surface area contributed by atoms with E-state index in [0.29, 0.717) is 31.9 Å². The Labute approximate surface area is 197 Å². The van der Waals surface area contributed by atoms with Crippen LogP contribution in [0.25, 0.3) is 11.2 Å². The third-order valence-electron chi connectivity index (χ3n) is 6.31. The average molecular weight is 458 g/mol. The van der Waals surface area contributed by atoms with Crippen LogP contribution in [0.15, 0.2) is 83.9 Å². The van der Waals surface area contributed by atoms with Crippen molar-refractivity contribution in [2.75, 3.05) is 12.3 Å². The summed E-state index contributed by atoms with van der Waals surface area (Å²) in [6.45, 7) is 5.89. The fourth-order valence-corrected chi connectivity index (χ4v) is 4.54. The van der Waals surface area contributed by atoms with E-state index in [1.165, 1.54) is 0 Å². The number of nitrogen functional groups attached to an aromatic ring is 1. The molecule has 0 saturated heterocycles. The quantitative estimate of drug-likeness (QED) is 0.391. The van der Waals surface area contributed by atoms with Gasteiger partial charge in [0.25, 0.3) is 5.56 Å². The predicted octanol–water partition coefficient (Wildman–Crippen LogP) is 3.62. The van der Waals surface area contributed by atoms with Gasteiger partial charge in [0.1, 0.15) is 0 Å². The van der Waals surface area contributed by atoms with Crippen LogP contribution in [0.4, 0.5) is 5.95 Å². The van der Waals surface area contributed by atoms with Gasteiger partial charge in [-0.25, -0.2) is 4.98 Å². The molecule has 0 unspecified atom stereocenters. The van der Waals surface area contributed by atoms with E-state index in [-0.39, 0.29) is 35.1 Å². The Hall–Kier alpha value is -3.75. The van der Waals surface area contributed by atoms with Gasteiger partial charge < -0.3 is 19.8 Å². The molecule has 3 atom stereocenters. The summed E-state index contributed by atoms with van der Waals surface area (Å²) in [6, 6.07) is 20.0. The first-order valence-corrected chi connectivity index (χ1v) is 11.3. The third kappa shape index (κ3) is 4.50. The van der Waals surface area contributed by atoms with Gasteiger partial charge >= 0.3 is 0 Å². The molecule has 4 aromatic rings. The molecule has 1 aliphatic rings. The maximum absolute atomic E-state index is 12.3. The highest BCUT2D eigenvalue weighted by molar-refractivity contribution is 5.71. The second-order valence-corrected chi connectivity index (χ2v) is 8.54. The number of ether oxygens (including phenoxy) is 2. The fourth-order valence-electron chi connectivity index (χ4n) is 4.54. The highest BCUT2D eigenvalue weighted by atomic mass is 16.5. The summed E-state index contributed by atoms with van der Waals surface area (Å²) >= 11 is 0. The minimum atomic E-state index is -0.357. The summed E-state index contributed by atoms with van der Waals surface area (Å²) in [7, 11) is 0. The Bertz CT molecular complexity index is 1330. The molecule has 1 fully saturated rings. The van der Waals surface area contributed by atoms with Gasteiger partial charge in [0.05, 0.1) is 38.3 Å². The molecule has 1 aliphatic carbocycles. The summed E-state index contributed by atoms with van der Waals surface area (Å²) < 4.78 is 14.3. The van der Waals surface area contributed by atoms with Gasteiger partial charge in [0.15, 0.2) is 11.2 Å². The van der Waals surface area contributed by atoms with Crippen molar-refractivity contribution < 1.29 is 9.47 Å². The zero-order chi connectivity index (χ0) is 23.5. The second-order valence-electron chi connectivity index (χ2n) is 8.54. The Morgan fingerprint density at radius 1 is 1.06 bits per heavy atom. The van der Waals surface area contributed by atoms with Gasteiger partial charge in [-0.1, -0.05) is 67.2 Å². The molecule has 2 heterocycles. The fraction of sp³-hybridized carbons (Fsp3) is 0.269. The van der Waals surface area contributed by atoms with Crippen LogP contribution < -0.4 is 11.3 Å². The number of nitrogens with one attached hydrogen (secondary N) is 1. The number of nitrogens with two attached hydrogens (primary N) is 1. The van der Waals surface area contributed by atoms with E-state index in [1.54, 1.807) is 6.33 Å². The lowest BCUT2D eigenvalue weighted by molar-refractivity contribution is -0.0122. The Morgan fingerprint density at radius 2 is 1.74 bits per heavy atom. The average Bonchev–Trinajstić information content (AvgIpc) is 3.40. The molecule has 2 aromatic heterocycles. The lowest BCUT2D eigenvalue weighted by atomic mass is 10.0. The molecule has 8 nitrogen and oxygen atoms in total. The lowest BCUT2D eigenvalue weighted by Crippen LogP contribution is -2.23. The number of imidazole rings is 1. The summed E-state index contributed by atoms with van der Waals surface area (Å²) in [5, 5.41) is 0. The summed E-state index contributed by atoms with van der Waals surface area (Å²) in [5.41, 5.74) is 9.33. The van der Waals surface area contributed by atoms with Gasteiger partial charge in [0, 0.05) is 5.92 Å². The summed E-state index contributed by atoms with van der Waals surface area (Å²) in [5.74, 6) is 0.0386. The predicted molar refractivity (Wildman–Crippen MR) is 130 cm³/mol. The van der Waals surface area contributed by atoms with Gasteiger partial charge in [-0.3, -0.25) is 9.78 Å². The normalized spacial score (nSPS) is 20.2. The van der Waals surface area contributed by atoms with Crippen molar-refractivity contribution in [3.8, 4) is 0 Å². The van der Waals surface area contributed by atoms with Crippen LogP contribution in [0.5, 0.6) is 0 Å². The summed E-state index contributed by atoms with van der Waals surface area (Å²) in [6.07, 6.45) is 2.19. The first-order chi connectivity index (χ1) is 16.6. The highest BCUT2D eigenvalue weighted by Gasteiger charge is 2.40. The van der Waals surface area contributed by atoms with E-state index in [1.807, 2.05) is 65.2 Å². The van der Waals surface area contributed by atoms with Crippen molar-refractivity contribution >= 4 is 17.1 Å². The van der Waals surface area contributed by atoms with E-state index >= 15 is 0 Å². The van der Waals surface area contributed by atoms with Gasteiger partial charge in [-0.2, -0.15) is 4.98 Å². The monoisotopic (exact) mass is 457 g/mol. The molecule has 34 heavy (non-hydrogen) atoms. The van der Waals surface area contributed by atoms with Crippen molar-refractivity contribution in [3.63, 3.8) is 0 Å². The molecular weight excluding hydrogens is 430 g/mol. The van der Waals surface area contributed by atoms with Crippen LogP contribution >= 0.6 is 0 Å². The van der Waals surface area contributed by atoms with E-state index in [4.69, 9.17) is 15.2 Å². The van der Waals surface area contributed by atoms with Crippen LogP contribution in [0.2, 0.25) is 0 Å². The van der Waals surface area contributed by atoms with Crippen molar-refractivity contribution in [3.05, 3.63) is 101 Å². The molecule has 174 valence electrons. The van der Waals surface area contributed by atoms with Gasteiger partial charge in [-0.15, -0.1) is 0 Å². The largest absolute Gasteiger partial charge is 0.376 e. The van der Waals surface area contributed by atoms with E-state index in [9.17, 15) is 4.79 Å². The van der Waals surface area contributed by atoms with Crippen LogP contribution in [-0.4, -0.2) is 32.2 Å². The number of benzene rings is 2. The molecule has 8 heteroatoms. The van der Waals surface area contributed by atoms with Crippen LogP contribution in [-0.2, 0) is 22.7 Å². The number of rotatable bonds is 8. The Balaban J connectivity index is 1.38. The second kappa shape index (κ2) is 9.62. The number of H-pyrrole nitrogens is 1. The Kier molecular flexibility index (Phi) is 6.24. The summed E-state index contributed by atoms with van der Waals surface area (Å²) in [4.78, 5) is 23.4. The van der Waals surface area contributed by atoms with Crippen molar-refractivity contribution in [1.29, 1.82) is 0 Å². The number of fused-ring (bicyclic) bond motifs is 1. The number of hydrogen-bond acceptors (Lipinski definition) is 6. The molecule has 1 saturated carbocycles. The van der Waals surface area contributed by atoms with Crippen LogP contribution in [0.3, 0.4) is 0 Å². The molecule has 0 bridgehead atoms. The van der Waals surface area contributed by atoms with Gasteiger partial charge in [-0.05, 0) is 23.1 Å². The first-order valence-electron chi connectivity index (χ1n) is 11.3. The minimum Gasteiger partial charge on any atom is -0.376 e. The SMILES string of the molecule is C=C1[C@H](n2cnc3c(=O)[nH]c(N)nc32)C[C@H](OCc2ccccc2)[C@H]1COCc1ccccc1. The minimum absolute atomic E-state index is 0.0192. The zero-order valence-electron chi connectivity index (χ0n) is 18.8. The van der Waals surface area contributed by atoms with E-state index in [2.05, 4.69) is 21.5 Å². The topological polar surface area (TPSA) is 108 Å². The zero-order valence-corrected chi connectivity index (χ0v) is 18.8. The number of aromatic amines is 1. The standard InChI is InChI=1S/C26H27N5O3/c1-17-20(15-33-13-18-8-4-2-5-9-18)22(34-14-19-10-6-3-7-11-19)12-21(17)31-16-28-23-24(31)29-26(27)30-25(23)32/h2-11,16,20-22H,1,12-15H2,(H3,27,29,30,32)/t20-,21+,22-/m0/s1.